The average molecular weight is 459 g/mol. The van der Waals surface area contributed by atoms with Gasteiger partial charge in [-0.2, -0.15) is 5.26 Å². The molecule has 0 bridgehead atoms. The Hall–Kier alpha value is -2.91. The molecule has 1 atom stereocenters. The minimum Gasteiger partial charge on any atom is -0.371 e. The van der Waals surface area contributed by atoms with Crippen LogP contribution in [0.3, 0.4) is 0 Å². The molecule has 0 unspecified atom stereocenters. The number of anilines is 1. The summed E-state index contributed by atoms with van der Waals surface area (Å²) in [5.74, 6) is 0.748. The molecule has 0 spiro atoms. The molecular formula is C28H34N4O2. The van der Waals surface area contributed by atoms with Crippen molar-refractivity contribution in [3.63, 3.8) is 0 Å². The quantitative estimate of drug-likeness (QED) is 0.666. The third-order valence-corrected chi connectivity index (χ3v) is 7.59. The highest BCUT2D eigenvalue weighted by molar-refractivity contribution is 5.79. The second-order valence-corrected chi connectivity index (χ2v) is 10.6. The lowest BCUT2D eigenvalue weighted by Crippen LogP contribution is -2.55. The Balaban J connectivity index is 1.43. The number of carbonyl (C=O) groups excluding carboxylic acids is 1. The maximum Gasteiger partial charge on any atom is 0.227 e. The molecule has 6 heteroatoms. The first-order valence-corrected chi connectivity index (χ1v) is 12.6. The lowest BCUT2D eigenvalue weighted by Gasteiger charge is -2.43. The van der Waals surface area contributed by atoms with Gasteiger partial charge < -0.3 is 14.5 Å². The topological polar surface area (TPSA) is 69.5 Å². The first-order valence-electron chi connectivity index (χ1n) is 12.6. The number of amides is 1. The Labute approximate surface area is 202 Å². The van der Waals surface area contributed by atoms with Gasteiger partial charge in [0.15, 0.2) is 0 Å². The Morgan fingerprint density at radius 1 is 1.29 bits per heavy atom. The number of nitrogens with zero attached hydrogens (tertiary/aromatic N) is 4. The van der Waals surface area contributed by atoms with E-state index in [1.807, 2.05) is 17.0 Å². The second kappa shape index (κ2) is 9.03. The fourth-order valence-corrected chi connectivity index (χ4v) is 5.56. The van der Waals surface area contributed by atoms with Crippen LogP contribution in [0.5, 0.6) is 0 Å². The van der Waals surface area contributed by atoms with Gasteiger partial charge in [-0.25, -0.2) is 0 Å². The molecule has 3 aliphatic rings. The van der Waals surface area contributed by atoms with Crippen LogP contribution < -0.4 is 4.90 Å². The van der Waals surface area contributed by atoms with Gasteiger partial charge in [0, 0.05) is 44.5 Å². The number of hydrogen-bond donors (Lipinski definition) is 0. The standard InChI is InChI=1S/C28H34N4O2/c1-4-21-17-31(10-11-32(21)27(33)12-19-6-5-9-30-16-19)26-13-22(20-7-8-20)25-18-34-28(2,3)14-23(25)24(26)15-29/h5-6,9,13,16,20-21H,4,7-8,10-12,14,17-18H2,1-3H3/t21-/m1/s1. The largest absolute Gasteiger partial charge is 0.371 e. The molecule has 1 aromatic heterocycles. The van der Waals surface area contributed by atoms with Crippen molar-refractivity contribution in [1.82, 2.24) is 9.88 Å². The summed E-state index contributed by atoms with van der Waals surface area (Å²) in [4.78, 5) is 21.7. The lowest BCUT2D eigenvalue weighted by atomic mass is 9.84. The van der Waals surface area contributed by atoms with Crippen LogP contribution in [0, 0.1) is 11.3 Å². The molecule has 6 nitrogen and oxygen atoms in total. The molecule has 0 radical (unpaired) electrons. The van der Waals surface area contributed by atoms with Crippen molar-refractivity contribution >= 4 is 11.6 Å². The van der Waals surface area contributed by atoms with Gasteiger partial charge in [0.1, 0.15) is 6.07 Å². The number of hydrogen-bond acceptors (Lipinski definition) is 5. The Bertz CT molecular complexity index is 1120. The Morgan fingerprint density at radius 3 is 2.79 bits per heavy atom. The number of piperazine rings is 1. The number of rotatable bonds is 5. The van der Waals surface area contributed by atoms with E-state index < -0.39 is 0 Å². The van der Waals surface area contributed by atoms with E-state index in [-0.39, 0.29) is 17.6 Å². The summed E-state index contributed by atoms with van der Waals surface area (Å²) in [6.45, 7) is 9.14. The number of fused-ring (bicyclic) bond motifs is 1. The first-order chi connectivity index (χ1) is 16.4. The molecular weight excluding hydrogens is 424 g/mol. The van der Waals surface area contributed by atoms with E-state index >= 15 is 0 Å². The smallest absolute Gasteiger partial charge is 0.227 e. The third kappa shape index (κ3) is 4.42. The zero-order chi connectivity index (χ0) is 23.9. The van der Waals surface area contributed by atoms with Crippen molar-refractivity contribution in [1.29, 1.82) is 5.26 Å². The van der Waals surface area contributed by atoms with Crippen LogP contribution in [0.25, 0.3) is 0 Å². The zero-order valence-corrected chi connectivity index (χ0v) is 20.5. The maximum atomic E-state index is 13.1. The molecule has 1 saturated carbocycles. The molecule has 1 aliphatic carbocycles. The number of aromatic nitrogens is 1. The van der Waals surface area contributed by atoms with Gasteiger partial charge in [-0.3, -0.25) is 9.78 Å². The highest BCUT2D eigenvalue weighted by Gasteiger charge is 2.37. The van der Waals surface area contributed by atoms with Crippen molar-refractivity contribution in [2.75, 3.05) is 24.5 Å². The highest BCUT2D eigenvalue weighted by Crippen LogP contribution is 2.47. The van der Waals surface area contributed by atoms with E-state index in [0.29, 0.717) is 25.5 Å². The van der Waals surface area contributed by atoms with E-state index in [9.17, 15) is 10.1 Å². The van der Waals surface area contributed by atoms with Crippen molar-refractivity contribution < 1.29 is 9.53 Å². The summed E-state index contributed by atoms with van der Waals surface area (Å²) < 4.78 is 6.15. The second-order valence-electron chi connectivity index (χ2n) is 10.6. The molecule has 0 N–H and O–H groups in total. The maximum absolute atomic E-state index is 13.1. The van der Waals surface area contributed by atoms with Gasteiger partial charge >= 0.3 is 0 Å². The normalized spacial score (nSPS) is 21.6. The predicted molar refractivity (Wildman–Crippen MR) is 132 cm³/mol. The van der Waals surface area contributed by atoms with Crippen LogP contribution in [0.1, 0.15) is 73.8 Å². The number of benzene rings is 1. The van der Waals surface area contributed by atoms with E-state index in [1.165, 1.54) is 29.5 Å². The van der Waals surface area contributed by atoms with Gasteiger partial charge in [0.25, 0.3) is 0 Å². The molecule has 34 heavy (non-hydrogen) atoms. The fraction of sp³-hybridized carbons (Fsp3) is 0.536. The molecule has 3 heterocycles. The predicted octanol–water partition coefficient (Wildman–Crippen LogP) is 4.35. The van der Waals surface area contributed by atoms with E-state index in [4.69, 9.17) is 4.74 Å². The number of ether oxygens (including phenoxy) is 1. The molecule has 2 fully saturated rings. The SMILES string of the molecule is CC[C@@H]1CN(c2cc(C3CC3)c3c(c2C#N)CC(C)(C)OC3)CCN1C(=O)Cc1cccnc1. The van der Waals surface area contributed by atoms with Crippen LogP contribution in [-0.4, -0.2) is 47.1 Å². The van der Waals surface area contributed by atoms with Crippen molar-refractivity contribution in [2.45, 2.75) is 77.0 Å². The van der Waals surface area contributed by atoms with Gasteiger partial charge in [0.2, 0.25) is 5.91 Å². The Kier molecular flexibility index (Phi) is 6.07. The third-order valence-electron chi connectivity index (χ3n) is 7.59. The molecule has 2 aliphatic heterocycles. The van der Waals surface area contributed by atoms with Crippen LogP contribution in [0.2, 0.25) is 0 Å². The summed E-state index contributed by atoms with van der Waals surface area (Å²) in [7, 11) is 0. The van der Waals surface area contributed by atoms with Crippen molar-refractivity contribution in [2.24, 2.45) is 0 Å². The van der Waals surface area contributed by atoms with Crippen molar-refractivity contribution in [3.05, 3.63) is 58.4 Å². The van der Waals surface area contributed by atoms with Crippen LogP contribution in [0.4, 0.5) is 5.69 Å². The minimum absolute atomic E-state index is 0.129. The average Bonchev–Trinajstić information content (AvgIpc) is 3.68. The van der Waals surface area contributed by atoms with E-state index in [1.54, 1.807) is 12.4 Å². The monoisotopic (exact) mass is 458 g/mol. The highest BCUT2D eigenvalue weighted by atomic mass is 16.5. The summed E-state index contributed by atoms with van der Waals surface area (Å²) in [6.07, 6.45) is 7.97. The molecule has 2 aromatic rings. The van der Waals surface area contributed by atoms with Crippen LogP contribution in [0.15, 0.2) is 30.6 Å². The fourth-order valence-electron chi connectivity index (χ4n) is 5.56. The van der Waals surface area contributed by atoms with Gasteiger partial charge in [-0.1, -0.05) is 13.0 Å². The van der Waals surface area contributed by atoms with Crippen LogP contribution in [-0.2, 0) is 29.0 Å². The van der Waals surface area contributed by atoms with Gasteiger partial charge in [-0.15, -0.1) is 0 Å². The minimum atomic E-state index is -0.262. The van der Waals surface area contributed by atoms with E-state index in [2.05, 4.69) is 42.8 Å². The summed E-state index contributed by atoms with van der Waals surface area (Å²) in [5.41, 5.74) is 6.36. The number of pyridine rings is 1. The summed E-state index contributed by atoms with van der Waals surface area (Å²) in [6, 6.07) is 8.80. The number of nitriles is 1. The molecule has 1 saturated heterocycles. The van der Waals surface area contributed by atoms with Crippen LogP contribution >= 0.6 is 0 Å². The molecule has 5 rings (SSSR count). The van der Waals surface area contributed by atoms with Gasteiger partial charge in [0.05, 0.1) is 29.9 Å². The Morgan fingerprint density at radius 2 is 2.12 bits per heavy atom. The molecule has 1 aromatic carbocycles. The molecule has 1 amide bonds. The summed E-state index contributed by atoms with van der Waals surface area (Å²) >= 11 is 0. The lowest BCUT2D eigenvalue weighted by molar-refractivity contribution is -0.133. The number of carbonyl (C=O) groups is 1. The first kappa shape index (κ1) is 22.9. The van der Waals surface area contributed by atoms with Gasteiger partial charge in [-0.05, 0) is 73.4 Å². The van der Waals surface area contributed by atoms with Crippen molar-refractivity contribution in [3.8, 4) is 6.07 Å². The zero-order valence-electron chi connectivity index (χ0n) is 20.5. The van der Waals surface area contributed by atoms with E-state index in [0.717, 1.165) is 42.7 Å². The summed E-state index contributed by atoms with van der Waals surface area (Å²) in [5, 5.41) is 10.3. The molecule has 178 valence electrons.